The first-order valence-corrected chi connectivity index (χ1v) is 12.1. The second-order valence-electron chi connectivity index (χ2n) is 10.2. The fraction of sp³-hybridized carbons (Fsp3) is 0.194. The van der Waals surface area contributed by atoms with Gasteiger partial charge in [0.05, 0.1) is 31.8 Å². The highest BCUT2D eigenvalue weighted by Gasteiger charge is 2.51. The van der Waals surface area contributed by atoms with Crippen molar-refractivity contribution in [1.82, 2.24) is 9.55 Å². The highest BCUT2D eigenvalue weighted by Crippen LogP contribution is 2.37. The smallest absolute Gasteiger partial charge is 0.436 e. The lowest BCUT2D eigenvalue weighted by atomic mass is 9.79. The van der Waals surface area contributed by atoms with Crippen LogP contribution in [-0.2, 0) is 9.31 Å². The van der Waals surface area contributed by atoms with Crippen molar-refractivity contribution < 1.29 is 23.3 Å². The van der Waals surface area contributed by atoms with Gasteiger partial charge in [-0.25, -0.2) is 4.98 Å². The normalized spacial score (nSPS) is 19.5. The Kier molecular flexibility index (Phi) is 3.40. The Hall–Kier alpha value is -3.87. The van der Waals surface area contributed by atoms with Crippen molar-refractivity contribution in [3.8, 4) is 17.1 Å². The van der Waals surface area contributed by atoms with Gasteiger partial charge in [0.1, 0.15) is 5.52 Å². The summed E-state index contributed by atoms with van der Waals surface area (Å²) in [6, 6.07) is 12.9. The maximum absolute atomic E-state index is 9.26. The molecule has 37 heavy (non-hydrogen) atoms. The topological polar surface area (TPSA) is 49.4 Å². The molecule has 0 atom stereocenters. The maximum Gasteiger partial charge on any atom is 0.494 e. The van der Waals surface area contributed by atoms with Gasteiger partial charge in [-0.3, -0.25) is 0 Å². The third-order valence-corrected chi connectivity index (χ3v) is 7.31. The molecule has 0 radical (unpaired) electrons. The molecule has 6 heteroatoms. The molecule has 182 valence electrons. The van der Waals surface area contributed by atoms with E-state index in [2.05, 4.69) is 4.98 Å². The lowest BCUT2D eigenvalue weighted by Crippen LogP contribution is -2.41. The largest absolute Gasteiger partial charge is 0.494 e. The molecule has 2 aromatic heterocycles. The summed E-state index contributed by atoms with van der Waals surface area (Å²) in [5, 5.41) is 1.81. The van der Waals surface area contributed by atoms with Crippen molar-refractivity contribution in [2.24, 2.45) is 0 Å². The van der Waals surface area contributed by atoms with Crippen LogP contribution in [0, 0.1) is 0 Å². The Morgan fingerprint density at radius 3 is 2.14 bits per heavy atom. The Labute approximate surface area is 225 Å². The van der Waals surface area contributed by atoms with Crippen LogP contribution in [0.3, 0.4) is 0 Å². The van der Waals surface area contributed by atoms with Crippen molar-refractivity contribution >= 4 is 45.5 Å². The van der Waals surface area contributed by atoms with E-state index in [-0.39, 0.29) is 63.9 Å². The minimum absolute atomic E-state index is 0.0341. The van der Waals surface area contributed by atoms with Crippen LogP contribution in [-0.4, -0.2) is 27.9 Å². The van der Waals surface area contributed by atoms with Crippen LogP contribution in [0.4, 0.5) is 0 Å². The number of hydrogen-bond donors (Lipinski definition) is 0. The van der Waals surface area contributed by atoms with Crippen LogP contribution in [0.5, 0.6) is 0 Å². The maximum atomic E-state index is 9.26. The fourth-order valence-corrected chi connectivity index (χ4v) is 4.67. The van der Waals surface area contributed by atoms with Crippen molar-refractivity contribution in [3.05, 3.63) is 90.8 Å². The zero-order valence-electron chi connectivity index (χ0n) is 27.8. The van der Waals surface area contributed by atoms with Crippen molar-refractivity contribution in [3.63, 3.8) is 0 Å². The Bertz CT molecular complexity index is 2120. The van der Waals surface area contributed by atoms with Crippen LogP contribution in [0.25, 0.3) is 50.0 Å². The van der Waals surface area contributed by atoms with Crippen molar-refractivity contribution in [2.75, 3.05) is 0 Å². The summed E-state index contributed by atoms with van der Waals surface area (Å²) < 4.78 is 81.7. The Balaban J connectivity index is 1.48. The van der Waals surface area contributed by atoms with E-state index >= 15 is 0 Å². The fourth-order valence-electron chi connectivity index (χ4n) is 4.67. The highest BCUT2D eigenvalue weighted by molar-refractivity contribution is 6.62. The Morgan fingerprint density at radius 1 is 0.811 bits per heavy atom. The number of hydrogen-bond acceptors (Lipinski definition) is 4. The molecular weight excluding hydrogens is 459 g/mol. The molecule has 0 aliphatic carbocycles. The minimum Gasteiger partial charge on any atom is -0.436 e. The average Bonchev–Trinajstić information content (AvgIpc) is 3.62. The third-order valence-electron chi connectivity index (χ3n) is 7.31. The number of benzene rings is 4. The third kappa shape index (κ3) is 3.44. The number of para-hydroxylation sites is 2. The van der Waals surface area contributed by atoms with Gasteiger partial charge in [0.15, 0.2) is 5.58 Å². The number of fused-ring (bicyclic) bond motifs is 4. The summed E-state index contributed by atoms with van der Waals surface area (Å²) in [6.07, 6.45) is 0. The highest BCUT2D eigenvalue weighted by atomic mass is 16.7. The predicted octanol–water partition coefficient (Wildman–Crippen LogP) is 6.89. The lowest BCUT2D eigenvalue weighted by molar-refractivity contribution is 0.00578. The van der Waals surface area contributed by atoms with E-state index in [4.69, 9.17) is 22.0 Å². The van der Waals surface area contributed by atoms with Crippen molar-refractivity contribution in [2.45, 2.75) is 38.9 Å². The van der Waals surface area contributed by atoms with E-state index in [0.29, 0.717) is 0 Å². The van der Waals surface area contributed by atoms with E-state index in [9.17, 15) is 1.37 Å². The summed E-state index contributed by atoms with van der Waals surface area (Å²) >= 11 is 0. The molecule has 0 amide bonds. The van der Waals surface area contributed by atoms with E-state index in [1.54, 1.807) is 4.57 Å². The van der Waals surface area contributed by atoms with E-state index in [0.717, 1.165) is 21.8 Å². The van der Waals surface area contributed by atoms with Gasteiger partial charge in [0, 0.05) is 22.0 Å². The van der Waals surface area contributed by atoms with E-state index in [1.807, 2.05) is 76.2 Å². The summed E-state index contributed by atoms with van der Waals surface area (Å²) in [4.78, 5) is 4.47. The van der Waals surface area contributed by atoms with Gasteiger partial charge < -0.3 is 18.3 Å². The van der Waals surface area contributed by atoms with Gasteiger partial charge in [-0.1, -0.05) is 48.5 Å². The van der Waals surface area contributed by atoms with E-state index < -0.39 is 30.4 Å². The van der Waals surface area contributed by atoms with Gasteiger partial charge in [-0.15, -0.1) is 0 Å². The van der Waals surface area contributed by atoms with Crippen LogP contribution in [0.1, 0.15) is 37.3 Å². The summed E-state index contributed by atoms with van der Waals surface area (Å²) in [5.41, 5.74) is -0.277. The molecule has 0 N–H and O–H groups in total. The first-order chi connectivity index (χ1) is 20.7. The van der Waals surface area contributed by atoms with Gasteiger partial charge in [-0.05, 0) is 75.5 Å². The molecule has 0 bridgehead atoms. The molecule has 1 saturated heterocycles. The molecule has 6 aromatic rings. The molecule has 7 rings (SSSR count). The quantitative estimate of drug-likeness (QED) is 0.252. The molecule has 1 aliphatic rings. The molecule has 1 fully saturated rings. The standard InChI is InChI=1S/C31H27BN2O3/c1-30(2)31(3,4)37-32(36-30)21-16-17-28-25(19-21)33-29(35-28)20-10-9-11-22(18-20)34-26-14-7-5-12-23(26)24-13-6-8-15-27(24)34/h5-19H,1-4H3/i9D,10D,11D,16D,17D,18D,19D. The summed E-state index contributed by atoms with van der Waals surface area (Å²) in [6.45, 7) is 7.40. The molecule has 0 unspecified atom stereocenters. The second kappa shape index (κ2) is 7.82. The van der Waals surface area contributed by atoms with Crippen LogP contribution >= 0.6 is 0 Å². The van der Waals surface area contributed by atoms with Gasteiger partial charge in [0.25, 0.3) is 0 Å². The minimum atomic E-state index is -1.09. The number of nitrogens with zero attached hydrogens (tertiary/aromatic N) is 2. The molecule has 1 aliphatic heterocycles. The van der Waals surface area contributed by atoms with Gasteiger partial charge in [0.2, 0.25) is 5.89 Å². The molecule has 3 heterocycles. The SMILES string of the molecule is [2H]c1c([2H])c(-c2nc3c([2H])c(B4OC(C)(C)C(C)(C)O4)c([2H])c([2H])c3o2)c([2H])c(-n2c3ccccc3c3ccccc32)c1[2H]. The van der Waals surface area contributed by atoms with Crippen LogP contribution in [0.2, 0.25) is 0 Å². The van der Waals surface area contributed by atoms with Gasteiger partial charge in [-0.2, -0.15) is 0 Å². The monoisotopic (exact) mass is 493 g/mol. The van der Waals surface area contributed by atoms with Crippen LogP contribution in [0.15, 0.2) is 95.2 Å². The first kappa shape index (κ1) is 16.1. The van der Waals surface area contributed by atoms with Gasteiger partial charge >= 0.3 is 7.12 Å². The summed E-state index contributed by atoms with van der Waals surface area (Å²) in [7, 11) is -1.09. The number of aromatic nitrogens is 2. The van der Waals surface area contributed by atoms with Crippen LogP contribution < -0.4 is 5.46 Å². The predicted molar refractivity (Wildman–Crippen MR) is 149 cm³/mol. The zero-order valence-corrected chi connectivity index (χ0v) is 20.8. The number of oxazole rings is 1. The lowest BCUT2D eigenvalue weighted by Gasteiger charge is -2.32. The first-order valence-electron chi connectivity index (χ1n) is 15.6. The molecular formula is C31H27BN2O3. The zero-order chi connectivity index (χ0) is 31.5. The summed E-state index contributed by atoms with van der Waals surface area (Å²) in [5.74, 6) is -0.252. The molecule has 5 nitrogen and oxygen atoms in total. The van der Waals surface area contributed by atoms with Crippen molar-refractivity contribution in [1.29, 1.82) is 0 Å². The number of rotatable bonds is 3. The average molecular weight is 493 g/mol. The molecule has 0 spiro atoms. The molecule has 4 aromatic carbocycles. The molecule has 0 saturated carbocycles. The Morgan fingerprint density at radius 2 is 1.46 bits per heavy atom. The second-order valence-corrected chi connectivity index (χ2v) is 10.2. The van der Waals surface area contributed by atoms with E-state index in [1.165, 1.54) is 0 Å².